The van der Waals surface area contributed by atoms with E-state index in [1.807, 2.05) is 0 Å². The topological polar surface area (TPSA) is 49.0 Å². The van der Waals surface area contributed by atoms with E-state index in [0.717, 1.165) is 6.42 Å². The molecule has 0 saturated carbocycles. The third kappa shape index (κ3) is 7.06. The second kappa shape index (κ2) is 7.28. The Morgan fingerprint density at radius 2 is 2.18 bits per heavy atom. The molecule has 1 N–H and O–H groups in total. The summed E-state index contributed by atoms with van der Waals surface area (Å²) < 4.78 is 0. The van der Waals surface area contributed by atoms with E-state index in [4.69, 9.17) is 0 Å². The van der Waals surface area contributed by atoms with E-state index in [2.05, 4.69) is 5.32 Å². The summed E-state index contributed by atoms with van der Waals surface area (Å²) in [6.45, 7) is 2.34. The molecule has 0 fully saturated rings. The first-order valence-electron chi connectivity index (χ1n) is 3.80. The molecule has 0 aromatic carbocycles. The lowest BCUT2D eigenvalue weighted by atomic mass is 10.3. The third-order valence-corrected chi connectivity index (χ3v) is 1.19. The molecule has 0 aliphatic heterocycles. The van der Waals surface area contributed by atoms with Gasteiger partial charge in [0, 0.05) is 6.54 Å². The summed E-state index contributed by atoms with van der Waals surface area (Å²) >= 11 is 0. The largest absolute Gasteiger partial charge is 0.353 e. The number of hydrogen-bond acceptors (Lipinski definition) is 1. The molecule has 63 valence electrons. The maximum atomic E-state index is 10.7. The van der Waals surface area contributed by atoms with Crippen molar-refractivity contribution in [2.75, 3.05) is 13.2 Å². The highest BCUT2D eigenvalue weighted by Crippen LogP contribution is 1.84. The predicted octanol–water partition coefficient (Wildman–Crippen LogP) is 0.889. The van der Waals surface area contributed by atoms with Crippen LogP contribution in [0.5, 0.6) is 0 Å². The molecule has 0 heterocycles. The molecular weight excluding hydrogens is 142 g/mol. The summed E-state index contributed by atoms with van der Waals surface area (Å²) in [5.74, 6) is -0.0848. The first kappa shape index (κ1) is 10.2. The fourth-order valence-corrected chi connectivity index (χ4v) is 0.649. The fourth-order valence-electron chi connectivity index (χ4n) is 0.649. The minimum atomic E-state index is -0.0848. The average Bonchev–Trinajstić information content (AvgIpc) is 1.99. The standard InChI is InChI=1S/C8H14NO2/c1-2-5-8(11)9-6-3-4-7-10/h2,5H,3-4,6-7H2,1H3,(H,9,11). The van der Waals surface area contributed by atoms with Gasteiger partial charge in [-0.25, -0.2) is 5.11 Å². The molecule has 0 aliphatic carbocycles. The molecule has 0 aromatic rings. The molecule has 1 radical (unpaired) electrons. The first-order chi connectivity index (χ1) is 5.31. The Bertz CT molecular complexity index is 132. The molecule has 11 heavy (non-hydrogen) atoms. The monoisotopic (exact) mass is 156 g/mol. The van der Waals surface area contributed by atoms with Gasteiger partial charge < -0.3 is 5.32 Å². The average molecular weight is 156 g/mol. The van der Waals surface area contributed by atoms with Crippen molar-refractivity contribution in [1.82, 2.24) is 5.32 Å². The van der Waals surface area contributed by atoms with E-state index in [-0.39, 0.29) is 12.5 Å². The molecule has 0 aliphatic rings. The van der Waals surface area contributed by atoms with E-state index in [1.54, 1.807) is 13.0 Å². The molecule has 0 bridgehead atoms. The molecular formula is C8H14NO2. The second-order valence-corrected chi connectivity index (χ2v) is 2.20. The molecule has 1 amide bonds. The molecule has 3 heteroatoms. The molecule has 0 aromatic heterocycles. The van der Waals surface area contributed by atoms with E-state index in [0.29, 0.717) is 13.0 Å². The Morgan fingerprint density at radius 1 is 1.45 bits per heavy atom. The SMILES string of the molecule is CC=CC(=O)NCCCC[O]. The summed E-state index contributed by atoms with van der Waals surface area (Å²) in [5, 5.41) is 12.6. The lowest BCUT2D eigenvalue weighted by molar-refractivity contribution is -0.116. The van der Waals surface area contributed by atoms with Crippen LogP contribution in [0.2, 0.25) is 0 Å². The van der Waals surface area contributed by atoms with Crippen LogP contribution < -0.4 is 5.32 Å². The summed E-state index contributed by atoms with van der Waals surface area (Å²) in [7, 11) is 0. The minimum Gasteiger partial charge on any atom is -0.353 e. The Hall–Kier alpha value is -0.830. The van der Waals surface area contributed by atoms with Gasteiger partial charge in [-0.3, -0.25) is 4.79 Å². The first-order valence-corrected chi connectivity index (χ1v) is 3.80. The van der Waals surface area contributed by atoms with E-state index in [9.17, 15) is 9.90 Å². The van der Waals surface area contributed by atoms with Gasteiger partial charge in [0.1, 0.15) is 0 Å². The quantitative estimate of drug-likeness (QED) is 0.466. The van der Waals surface area contributed by atoms with Crippen LogP contribution >= 0.6 is 0 Å². The van der Waals surface area contributed by atoms with Gasteiger partial charge in [0.15, 0.2) is 0 Å². The highest BCUT2D eigenvalue weighted by atomic mass is 16.2. The zero-order valence-electron chi connectivity index (χ0n) is 6.80. The van der Waals surface area contributed by atoms with Gasteiger partial charge in [0.05, 0.1) is 6.61 Å². The Kier molecular flexibility index (Phi) is 6.73. The molecule has 3 nitrogen and oxygen atoms in total. The Morgan fingerprint density at radius 3 is 2.73 bits per heavy atom. The smallest absolute Gasteiger partial charge is 0.243 e. The van der Waals surface area contributed by atoms with E-state index < -0.39 is 0 Å². The van der Waals surface area contributed by atoms with Crippen molar-refractivity contribution >= 4 is 5.91 Å². The summed E-state index contributed by atoms with van der Waals surface area (Å²) in [5.41, 5.74) is 0. The predicted molar refractivity (Wildman–Crippen MR) is 42.6 cm³/mol. The molecule has 0 rings (SSSR count). The normalized spacial score (nSPS) is 10.4. The lowest BCUT2D eigenvalue weighted by Gasteiger charge is -1.98. The third-order valence-electron chi connectivity index (χ3n) is 1.19. The summed E-state index contributed by atoms with van der Waals surface area (Å²) in [6, 6.07) is 0. The van der Waals surface area contributed by atoms with Crippen LogP contribution in [0.3, 0.4) is 0 Å². The van der Waals surface area contributed by atoms with Crippen LogP contribution in [-0.4, -0.2) is 19.1 Å². The summed E-state index contributed by atoms with van der Waals surface area (Å²) in [6.07, 6.45) is 4.56. The fraction of sp³-hybridized carbons (Fsp3) is 0.625. The number of amides is 1. The highest BCUT2D eigenvalue weighted by molar-refractivity contribution is 5.87. The molecule has 0 unspecified atom stereocenters. The van der Waals surface area contributed by atoms with Crippen molar-refractivity contribution in [3.8, 4) is 0 Å². The summed E-state index contributed by atoms with van der Waals surface area (Å²) in [4.78, 5) is 10.7. The number of nitrogens with one attached hydrogen (secondary N) is 1. The van der Waals surface area contributed by atoms with Gasteiger partial charge in [-0.1, -0.05) is 6.08 Å². The number of carbonyl (C=O) groups excluding carboxylic acids is 1. The highest BCUT2D eigenvalue weighted by Gasteiger charge is 1.91. The van der Waals surface area contributed by atoms with Crippen molar-refractivity contribution in [1.29, 1.82) is 0 Å². The van der Waals surface area contributed by atoms with Gasteiger partial charge in [-0.05, 0) is 25.8 Å². The Balaban J connectivity index is 3.17. The van der Waals surface area contributed by atoms with Gasteiger partial charge >= 0.3 is 0 Å². The molecule has 0 saturated heterocycles. The van der Waals surface area contributed by atoms with Crippen molar-refractivity contribution in [3.63, 3.8) is 0 Å². The van der Waals surface area contributed by atoms with Crippen LogP contribution in [0.25, 0.3) is 0 Å². The lowest BCUT2D eigenvalue weighted by Crippen LogP contribution is -2.22. The van der Waals surface area contributed by atoms with Gasteiger partial charge in [0.25, 0.3) is 0 Å². The van der Waals surface area contributed by atoms with Crippen molar-refractivity contribution < 1.29 is 9.90 Å². The van der Waals surface area contributed by atoms with Gasteiger partial charge in [0.2, 0.25) is 5.91 Å². The number of hydrogen-bond donors (Lipinski definition) is 1. The maximum Gasteiger partial charge on any atom is 0.243 e. The van der Waals surface area contributed by atoms with Gasteiger partial charge in [-0.15, -0.1) is 0 Å². The second-order valence-electron chi connectivity index (χ2n) is 2.20. The van der Waals surface area contributed by atoms with Crippen molar-refractivity contribution in [2.45, 2.75) is 19.8 Å². The number of allylic oxidation sites excluding steroid dienone is 1. The van der Waals surface area contributed by atoms with Crippen molar-refractivity contribution in [2.24, 2.45) is 0 Å². The zero-order valence-corrected chi connectivity index (χ0v) is 6.80. The number of unbranched alkanes of at least 4 members (excludes halogenated alkanes) is 1. The zero-order chi connectivity index (χ0) is 8.53. The molecule has 0 atom stereocenters. The van der Waals surface area contributed by atoms with Crippen LogP contribution in [0.4, 0.5) is 0 Å². The Labute approximate surface area is 67.1 Å². The van der Waals surface area contributed by atoms with Crippen LogP contribution in [0.15, 0.2) is 12.2 Å². The van der Waals surface area contributed by atoms with Crippen molar-refractivity contribution in [3.05, 3.63) is 12.2 Å². The number of carbonyl (C=O) groups is 1. The van der Waals surface area contributed by atoms with Crippen LogP contribution in [0, 0.1) is 0 Å². The number of rotatable bonds is 5. The maximum absolute atomic E-state index is 10.7. The van der Waals surface area contributed by atoms with Crippen LogP contribution in [-0.2, 0) is 9.90 Å². The van der Waals surface area contributed by atoms with E-state index in [1.165, 1.54) is 6.08 Å². The molecule has 0 spiro atoms. The van der Waals surface area contributed by atoms with Gasteiger partial charge in [-0.2, -0.15) is 0 Å². The van der Waals surface area contributed by atoms with E-state index >= 15 is 0 Å². The van der Waals surface area contributed by atoms with Crippen LogP contribution in [0.1, 0.15) is 19.8 Å². The minimum absolute atomic E-state index is 0.0561.